The van der Waals surface area contributed by atoms with Gasteiger partial charge in [-0.2, -0.15) is 0 Å². The van der Waals surface area contributed by atoms with Crippen LogP contribution in [0.3, 0.4) is 0 Å². The highest BCUT2D eigenvalue weighted by Crippen LogP contribution is 2.22. The van der Waals surface area contributed by atoms with Crippen LogP contribution in [0.25, 0.3) is 0 Å². The van der Waals surface area contributed by atoms with Gasteiger partial charge >= 0.3 is 0 Å². The monoisotopic (exact) mass is 326 g/mol. The molecule has 2 aliphatic rings. The Morgan fingerprint density at radius 1 is 1.37 bits per heavy atom. The molecule has 0 aromatic carbocycles. The number of halogens is 1. The first-order valence-electron chi connectivity index (χ1n) is 6.88. The summed E-state index contributed by atoms with van der Waals surface area (Å²) < 4.78 is 6.82. The summed E-state index contributed by atoms with van der Waals surface area (Å²) >= 11 is 3.33. The third-order valence-electron chi connectivity index (χ3n) is 3.82. The van der Waals surface area contributed by atoms with Gasteiger partial charge in [0, 0.05) is 31.5 Å². The lowest BCUT2D eigenvalue weighted by Gasteiger charge is -2.42. The normalized spacial score (nSPS) is 27.8. The molecule has 2 aliphatic heterocycles. The predicted molar refractivity (Wildman–Crippen MR) is 77.2 cm³/mol. The molecule has 104 valence electrons. The summed E-state index contributed by atoms with van der Waals surface area (Å²) in [6.07, 6.45) is 7.69. The largest absolute Gasteiger partial charge is 0.373 e. The molecule has 6 heteroatoms. The lowest BCUT2D eigenvalue weighted by atomic mass is 10.0. The van der Waals surface area contributed by atoms with Gasteiger partial charge in [-0.05, 0) is 35.3 Å². The Kier molecular flexibility index (Phi) is 4.30. The van der Waals surface area contributed by atoms with Crippen molar-refractivity contribution >= 4 is 21.9 Å². The Labute approximate surface area is 121 Å². The van der Waals surface area contributed by atoms with E-state index in [-0.39, 0.29) is 6.10 Å². The summed E-state index contributed by atoms with van der Waals surface area (Å²) in [6.45, 7) is 3.88. The number of anilines is 1. The third kappa shape index (κ3) is 3.43. The summed E-state index contributed by atoms with van der Waals surface area (Å²) in [5, 5.41) is 3.24. The van der Waals surface area contributed by atoms with Gasteiger partial charge in [-0.25, -0.2) is 9.97 Å². The SMILES string of the molecule is Brc1cnc(NC[C@@H]2CN3CCCC[C@@H]3CO2)nc1. The number of nitrogens with zero attached hydrogens (tertiary/aromatic N) is 3. The smallest absolute Gasteiger partial charge is 0.222 e. The van der Waals surface area contributed by atoms with Gasteiger partial charge in [0.15, 0.2) is 0 Å². The maximum absolute atomic E-state index is 5.92. The second-order valence-electron chi connectivity index (χ2n) is 5.21. The summed E-state index contributed by atoms with van der Waals surface area (Å²) in [4.78, 5) is 11.0. The van der Waals surface area contributed by atoms with Crippen LogP contribution >= 0.6 is 15.9 Å². The first-order chi connectivity index (χ1) is 9.31. The van der Waals surface area contributed by atoms with Crippen LogP contribution in [0.4, 0.5) is 5.95 Å². The molecule has 5 nitrogen and oxygen atoms in total. The summed E-state index contributed by atoms with van der Waals surface area (Å²) in [5.74, 6) is 0.660. The number of nitrogens with one attached hydrogen (secondary N) is 1. The van der Waals surface area contributed by atoms with Crippen LogP contribution in [0.15, 0.2) is 16.9 Å². The Morgan fingerprint density at radius 2 is 2.21 bits per heavy atom. The van der Waals surface area contributed by atoms with Crippen molar-refractivity contribution in [2.75, 3.05) is 31.6 Å². The molecule has 0 saturated carbocycles. The molecule has 0 aliphatic carbocycles. The quantitative estimate of drug-likeness (QED) is 0.919. The minimum atomic E-state index is 0.238. The van der Waals surface area contributed by atoms with Crippen LogP contribution in [0.5, 0.6) is 0 Å². The Morgan fingerprint density at radius 3 is 3.05 bits per heavy atom. The lowest BCUT2D eigenvalue weighted by Crippen LogP contribution is -2.53. The average Bonchev–Trinajstić information content (AvgIpc) is 2.46. The summed E-state index contributed by atoms with van der Waals surface area (Å²) in [5.41, 5.74) is 0. The lowest BCUT2D eigenvalue weighted by molar-refractivity contribution is -0.0689. The predicted octanol–water partition coefficient (Wildman–Crippen LogP) is 1.90. The molecular weight excluding hydrogens is 308 g/mol. The van der Waals surface area contributed by atoms with Crippen molar-refractivity contribution in [3.8, 4) is 0 Å². The highest BCUT2D eigenvalue weighted by molar-refractivity contribution is 9.10. The molecule has 0 radical (unpaired) electrons. The maximum atomic E-state index is 5.92. The van der Waals surface area contributed by atoms with Crippen LogP contribution in [0.1, 0.15) is 19.3 Å². The molecule has 0 spiro atoms. The van der Waals surface area contributed by atoms with E-state index in [1.54, 1.807) is 12.4 Å². The van der Waals surface area contributed by atoms with Gasteiger partial charge in [0.05, 0.1) is 17.2 Å². The standard InChI is InChI=1S/C13H19BrN4O/c14-10-5-15-13(16-6-10)17-7-12-8-18-4-2-1-3-11(18)9-19-12/h5-6,11-12H,1-4,7-9H2,(H,15,16,17)/t11-,12-/m1/s1. The molecule has 1 aromatic rings. The maximum Gasteiger partial charge on any atom is 0.222 e. The van der Waals surface area contributed by atoms with Gasteiger partial charge in [0.25, 0.3) is 0 Å². The minimum Gasteiger partial charge on any atom is -0.373 e. The van der Waals surface area contributed by atoms with Gasteiger partial charge in [0.2, 0.25) is 5.95 Å². The van der Waals surface area contributed by atoms with Crippen molar-refractivity contribution < 1.29 is 4.74 Å². The van der Waals surface area contributed by atoms with E-state index in [0.29, 0.717) is 12.0 Å². The minimum absolute atomic E-state index is 0.238. The molecule has 2 atom stereocenters. The number of aromatic nitrogens is 2. The van der Waals surface area contributed by atoms with Crippen LogP contribution < -0.4 is 5.32 Å². The van der Waals surface area contributed by atoms with Gasteiger partial charge in [0.1, 0.15) is 0 Å². The number of hydrogen-bond acceptors (Lipinski definition) is 5. The molecule has 3 heterocycles. The Hall–Kier alpha value is -0.720. The topological polar surface area (TPSA) is 50.3 Å². The Balaban J connectivity index is 1.49. The summed E-state index contributed by atoms with van der Waals surface area (Å²) in [6, 6.07) is 0.647. The highest BCUT2D eigenvalue weighted by Gasteiger charge is 2.30. The van der Waals surface area contributed by atoms with Gasteiger partial charge < -0.3 is 10.1 Å². The molecule has 0 amide bonds. The van der Waals surface area contributed by atoms with E-state index in [1.165, 1.54) is 25.8 Å². The van der Waals surface area contributed by atoms with E-state index in [9.17, 15) is 0 Å². The van der Waals surface area contributed by atoms with Crippen LogP contribution in [-0.2, 0) is 4.74 Å². The van der Waals surface area contributed by atoms with Crippen molar-refractivity contribution in [3.05, 3.63) is 16.9 Å². The number of piperidine rings is 1. The van der Waals surface area contributed by atoms with Gasteiger partial charge in [-0.3, -0.25) is 4.90 Å². The van der Waals surface area contributed by atoms with Crippen LogP contribution in [0, 0.1) is 0 Å². The van der Waals surface area contributed by atoms with Crippen LogP contribution in [-0.4, -0.2) is 53.3 Å². The second kappa shape index (κ2) is 6.15. The van der Waals surface area contributed by atoms with Crippen molar-refractivity contribution in [1.82, 2.24) is 14.9 Å². The second-order valence-corrected chi connectivity index (χ2v) is 6.12. The molecule has 0 unspecified atom stereocenters. The van der Waals surface area contributed by atoms with E-state index in [1.807, 2.05) is 0 Å². The van der Waals surface area contributed by atoms with Gasteiger partial charge in [-0.1, -0.05) is 6.42 Å². The number of hydrogen-bond donors (Lipinski definition) is 1. The highest BCUT2D eigenvalue weighted by atomic mass is 79.9. The zero-order valence-corrected chi connectivity index (χ0v) is 12.5. The van der Waals surface area contributed by atoms with Crippen molar-refractivity contribution in [1.29, 1.82) is 0 Å². The molecule has 2 fully saturated rings. The van der Waals surface area contributed by atoms with E-state index in [0.717, 1.165) is 24.2 Å². The molecule has 1 aromatic heterocycles. The van der Waals surface area contributed by atoms with Crippen molar-refractivity contribution in [2.24, 2.45) is 0 Å². The fourth-order valence-electron chi connectivity index (χ4n) is 2.78. The molecular formula is C13H19BrN4O. The molecule has 19 heavy (non-hydrogen) atoms. The van der Waals surface area contributed by atoms with E-state index in [2.05, 4.69) is 36.1 Å². The average molecular weight is 327 g/mol. The molecule has 1 N–H and O–H groups in total. The Bertz CT molecular complexity index is 414. The number of ether oxygens (including phenoxy) is 1. The fraction of sp³-hybridized carbons (Fsp3) is 0.692. The summed E-state index contributed by atoms with van der Waals surface area (Å²) in [7, 11) is 0. The fourth-order valence-corrected chi connectivity index (χ4v) is 2.99. The third-order valence-corrected chi connectivity index (χ3v) is 4.23. The van der Waals surface area contributed by atoms with Crippen molar-refractivity contribution in [2.45, 2.75) is 31.4 Å². The first kappa shape index (κ1) is 13.3. The first-order valence-corrected chi connectivity index (χ1v) is 7.67. The zero-order chi connectivity index (χ0) is 13.1. The number of morpholine rings is 1. The molecule has 3 rings (SSSR count). The van der Waals surface area contributed by atoms with E-state index < -0.39 is 0 Å². The van der Waals surface area contributed by atoms with Crippen molar-refractivity contribution in [3.63, 3.8) is 0 Å². The van der Waals surface area contributed by atoms with E-state index >= 15 is 0 Å². The van der Waals surface area contributed by atoms with Crippen LogP contribution in [0.2, 0.25) is 0 Å². The number of rotatable bonds is 3. The molecule has 2 saturated heterocycles. The van der Waals surface area contributed by atoms with Gasteiger partial charge in [-0.15, -0.1) is 0 Å². The van der Waals surface area contributed by atoms with E-state index in [4.69, 9.17) is 4.74 Å². The zero-order valence-electron chi connectivity index (χ0n) is 10.9. The number of fused-ring (bicyclic) bond motifs is 1. The molecule has 0 bridgehead atoms.